The number of rotatable bonds is 2. The van der Waals surface area contributed by atoms with E-state index in [0.717, 1.165) is 0 Å². The molecule has 0 saturated carbocycles. The molecular weight excluding hydrogens is 226 g/mol. The summed E-state index contributed by atoms with van der Waals surface area (Å²) in [5.74, 6) is -13.1. The summed E-state index contributed by atoms with van der Waals surface area (Å²) in [5, 5.41) is 16.3. The SMILES string of the molecule is OB(O)Oc1c(F)c(F)c(F)c(F)c1F.[H-]. The van der Waals surface area contributed by atoms with E-state index in [9.17, 15) is 22.0 Å². The van der Waals surface area contributed by atoms with Gasteiger partial charge in [0.1, 0.15) is 0 Å². The Bertz CT molecular complexity index is 373. The molecule has 2 N–H and O–H groups in total. The van der Waals surface area contributed by atoms with Gasteiger partial charge in [-0.2, -0.15) is 8.78 Å². The van der Waals surface area contributed by atoms with Crippen molar-refractivity contribution in [2.24, 2.45) is 0 Å². The van der Waals surface area contributed by atoms with Crippen molar-refractivity contribution in [3.63, 3.8) is 0 Å². The summed E-state index contributed by atoms with van der Waals surface area (Å²) in [4.78, 5) is 0. The van der Waals surface area contributed by atoms with Crippen molar-refractivity contribution >= 4 is 7.32 Å². The largest absolute Gasteiger partial charge is 1.00 e. The van der Waals surface area contributed by atoms with Crippen LogP contribution in [0, 0.1) is 29.1 Å². The average molecular weight is 229 g/mol. The van der Waals surface area contributed by atoms with Crippen molar-refractivity contribution in [2.75, 3.05) is 0 Å². The topological polar surface area (TPSA) is 49.7 Å². The zero-order chi connectivity index (χ0) is 11.7. The Kier molecular flexibility index (Phi) is 3.15. The van der Waals surface area contributed by atoms with Gasteiger partial charge in [-0.3, -0.25) is 0 Å². The lowest BCUT2D eigenvalue weighted by molar-refractivity contribution is 0.263. The molecule has 3 nitrogen and oxygen atoms in total. The van der Waals surface area contributed by atoms with Gasteiger partial charge in [0.05, 0.1) is 0 Å². The molecule has 0 aromatic heterocycles. The minimum atomic E-state index is -2.70. The molecule has 0 spiro atoms. The zero-order valence-electron chi connectivity index (χ0n) is 7.77. The van der Waals surface area contributed by atoms with E-state index in [2.05, 4.69) is 4.65 Å². The van der Waals surface area contributed by atoms with Crippen LogP contribution in [0.2, 0.25) is 0 Å². The van der Waals surface area contributed by atoms with Crippen molar-refractivity contribution in [3.8, 4) is 5.75 Å². The molecule has 0 aliphatic heterocycles. The third-order valence-corrected chi connectivity index (χ3v) is 1.39. The van der Waals surface area contributed by atoms with E-state index in [4.69, 9.17) is 10.0 Å². The van der Waals surface area contributed by atoms with Crippen LogP contribution < -0.4 is 4.65 Å². The van der Waals surface area contributed by atoms with Gasteiger partial charge >= 0.3 is 7.32 Å². The predicted molar refractivity (Wildman–Crippen MR) is 38.2 cm³/mol. The zero-order valence-corrected chi connectivity index (χ0v) is 6.77. The third kappa shape index (κ3) is 2.02. The van der Waals surface area contributed by atoms with Crippen LogP contribution in [0.5, 0.6) is 5.75 Å². The molecule has 0 unspecified atom stereocenters. The summed E-state index contributed by atoms with van der Waals surface area (Å²) < 4.78 is 66.3. The van der Waals surface area contributed by atoms with E-state index < -0.39 is 42.2 Å². The monoisotopic (exact) mass is 229 g/mol. The molecule has 15 heavy (non-hydrogen) atoms. The van der Waals surface area contributed by atoms with Gasteiger partial charge < -0.3 is 16.1 Å². The highest BCUT2D eigenvalue weighted by molar-refractivity contribution is 6.33. The molecule has 9 heteroatoms. The number of hydrogen-bond acceptors (Lipinski definition) is 3. The van der Waals surface area contributed by atoms with Crippen molar-refractivity contribution in [2.45, 2.75) is 0 Å². The molecule has 0 bridgehead atoms. The maximum Gasteiger partial charge on any atom is 0.707 e. The maximum absolute atomic E-state index is 12.7. The van der Waals surface area contributed by atoms with E-state index in [1.165, 1.54) is 0 Å². The third-order valence-electron chi connectivity index (χ3n) is 1.39. The first-order chi connectivity index (χ1) is 6.86. The second-order valence-electron chi connectivity index (χ2n) is 2.34. The quantitative estimate of drug-likeness (QED) is 0.342. The van der Waals surface area contributed by atoms with Crippen molar-refractivity contribution < 1.29 is 38.1 Å². The number of halogens is 5. The summed E-state index contributed by atoms with van der Waals surface area (Å²) in [6.45, 7) is 0. The van der Waals surface area contributed by atoms with Crippen LogP contribution >= 0.6 is 0 Å². The predicted octanol–water partition coefficient (Wildman–Crippen LogP) is 0.843. The molecule has 0 radical (unpaired) electrons. The van der Waals surface area contributed by atoms with E-state index in [-0.39, 0.29) is 1.43 Å². The van der Waals surface area contributed by atoms with Gasteiger partial charge in [-0.15, -0.1) is 0 Å². The minimum Gasteiger partial charge on any atom is -1.00 e. The summed E-state index contributed by atoms with van der Waals surface area (Å²) in [6, 6.07) is 0. The summed E-state index contributed by atoms with van der Waals surface area (Å²) in [5.41, 5.74) is 0. The maximum atomic E-state index is 12.7. The Hall–Kier alpha value is -1.35. The fraction of sp³-hybridized carbons (Fsp3) is 0. The summed E-state index contributed by atoms with van der Waals surface area (Å²) in [7, 11) is -2.70. The highest BCUT2D eigenvalue weighted by atomic mass is 19.2. The first-order valence-corrected chi connectivity index (χ1v) is 3.40. The van der Waals surface area contributed by atoms with Gasteiger partial charge in [0.2, 0.25) is 29.1 Å². The van der Waals surface area contributed by atoms with E-state index in [1.54, 1.807) is 0 Å². The van der Waals surface area contributed by atoms with E-state index >= 15 is 0 Å². The van der Waals surface area contributed by atoms with Gasteiger partial charge in [-0.1, -0.05) is 0 Å². The Morgan fingerprint density at radius 3 is 1.47 bits per heavy atom. The van der Waals surface area contributed by atoms with Crippen molar-refractivity contribution in [1.82, 2.24) is 0 Å². The smallest absolute Gasteiger partial charge is 0.707 e. The van der Waals surface area contributed by atoms with Crippen LogP contribution in [0.4, 0.5) is 22.0 Å². The van der Waals surface area contributed by atoms with Gasteiger partial charge in [0.25, 0.3) is 0 Å². The Labute approximate surface area is 81.4 Å². The molecule has 0 aliphatic carbocycles. The Morgan fingerprint density at radius 1 is 0.800 bits per heavy atom. The minimum absolute atomic E-state index is 0. The molecule has 0 aliphatic rings. The molecule has 0 atom stereocenters. The van der Waals surface area contributed by atoms with Crippen LogP contribution in [0.1, 0.15) is 1.43 Å². The molecule has 0 fully saturated rings. The van der Waals surface area contributed by atoms with E-state index in [0.29, 0.717) is 0 Å². The Balaban J connectivity index is 0.00000225. The van der Waals surface area contributed by atoms with Gasteiger partial charge in [-0.25, -0.2) is 13.2 Å². The second-order valence-corrected chi connectivity index (χ2v) is 2.34. The Morgan fingerprint density at radius 2 is 1.13 bits per heavy atom. The standard InChI is InChI=1S/C6H2BF5O3.H/c8-1-2(9)4(11)6(15-7(13)14)5(12)3(1)10;/h13-14H;/q;-1. The number of hydrogen-bond donors (Lipinski definition) is 2. The van der Waals surface area contributed by atoms with Crippen LogP contribution in [0.15, 0.2) is 0 Å². The lowest BCUT2D eigenvalue weighted by atomic mass is 10.2. The van der Waals surface area contributed by atoms with Gasteiger partial charge in [0.15, 0.2) is 5.75 Å². The van der Waals surface area contributed by atoms with Crippen LogP contribution in [-0.2, 0) is 0 Å². The fourth-order valence-electron chi connectivity index (χ4n) is 0.794. The molecule has 1 aromatic rings. The normalized spacial score (nSPS) is 10.3. The summed E-state index contributed by atoms with van der Waals surface area (Å²) >= 11 is 0. The lowest BCUT2D eigenvalue weighted by Gasteiger charge is -2.08. The molecule has 84 valence electrons. The molecular formula is C6H3BF5O3-. The van der Waals surface area contributed by atoms with E-state index in [1.807, 2.05) is 0 Å². The van der Waals surface area contributed by atoms with Gasteiger partial charge in [0, 0.05) is 0 Å². The van der Waals surface area contributed by atoms with Crippen molar-refractivity contribution in [1.29, 1.82) is 0 Å². The van der Waals surface area contributed by atoms with Crippen molar-refractivity contribution in [3.05, 3.63) is 29.1 Å². The highest BCUT2D eigenvalue weighted by Gasteiger charge is 2.29. The van der Waals surface area contributed by atoms with Crippen LogP contribution in [0.3, 0.4) is 0 Å². The van der Waals surface area contributed by atoms with Crippen LogP contribution in [0.25, 0.3) is 0 Å². The second kappa shape index (κ2) is 4.03. The van der Waals surface area contributed by atoms with Gasteiger partial charge in [-0.05, 0) is 0 Å². The molecule has 0 saturated heterocycles. The first kappa shape index (κ1) is 11.7. The summed E-state index contributed by atoms with van der Waals surface area (Å²) in [6.07, 6.45) is 0. The average Bonchev–Trinajstić information content (AvgIpc) is 2.18. The molecule has 0 amide bonds. The lowest BCUT2D eigenvalue weighted by Crippen LogP contribution is -2.23. The molecule has 1 aromatic carbocycles. The van der Waals surface area contributed by atoms with Crippen LogP contribution in [-0.4, -0.2) is 17.4 Å². The fourth-order valence-corrected chi connectivity index (χ4v) is 0.794. The highest BCUT2D eigenvalue weighted by Crippen LogP contribution is 2.28. The molecule has 1 rings (SSSR count). The first-order valence-electron chi connectivity index (χ1n) is 3.40. The molecule has 0 heterocycles. The number of benzene rings is 1.